The van der Waals surface area contributed by atoms with E-state index in [4.69, 9.17) is 4.74 Å². The number of aliphatic carboxylic acids is 1. The van der Waals surface area contributed by atoms with Gasteiger partial charge in [0.25, 0.3) is 5.91 Å². The molecule has 27 heavy (non-hydrogen) atoms. The second kappa shape index (κ2) is 7.43. The third kappa shape index (κ3) is 3.82. The van der Waals surface area contributed by atoms with Crippen LogP contribution < -0.4 is 5.32 Å². The van der Waals surface area contributed by atoms with Crippen LogP contribution in [0.25, 0.3) is 0 Å². The molecule has 1 aromatic rings. The van der Waals surface area contributed by atoms with Crippen molar-refractivity contribution in [3.05, 3.63) is 29.2 Å². The molecule has 0 aliphatic carbocycles. The number of aryl methyl sites for hydroxylation is 1. The van der Waals surface area contributed by atoms with E-state index in [1.54, 1.807) is 19.2 Å². The maximum absolute atomic E-state index is 12.5. The van der Waals surface area contributed by atoms with E-state index in [2.05, 4.69) is 10.4 Å². The standard InChI is InChI=1S/C16H18N4O6S/c1-8-3-4-19(18-8)5-11(22)17-12-14(23)20-13(16(24)25)10(6-26-9(2)21)7-27-15(12)20/h3-4,12,15H,5-7H2,1-2H3,(H,17,22)(H,24,25)/t12-,15-/m1/s1. The van der Waals surface area contributed by atoms with Crippen LogP contribution in [0.15, 0.2) is 23.5 Å². The van der Waals surface area contributed by atoms with Crippen LogP contribution in [0.3, 0.4) is 0 Å². The van der Waals surface area contributed by atoms with E-state index in [1.165, 1.54) is 23.4 Å². The van der Waals surface area contributed by atoms with Crippen LogP contribution in [0.1, 0.15) is 12.6 Å². The maximum Gasteiger partial charge on any atom is 0.352 e. The van der Waals surface area contributed by atoms with Crippen molar-refractivity contribution in [3.8, 4) is 0 Å². The van der Waals surface area contributed by atoms with Crippen LogP contribution in [0.2, 0.25) is 0 Å². The summed E-state index contributed by atoms with van der Waals surface area (Å²) in [6.07, 6.45) is 1.66. The van der Waals surface area contributed by atoms with E-state index in [0.29, 0.717) is 5.57 Å². The van der Waals surface area contributed by atoms with Gasteiger partial charge in [0, 0.05) is 24.4 Å². The van der Waals surface area contributed by atoms with Gasteiger partial charge in [-0.25, -0.2) is 4.79 Å². The van der Waals surface area contributed by atoms with E-state index < -0.39 is 29.3 Å². The first kappa shape index (κ1) is 19.0. The number of fused-ring (bicyclic) bond motifs is 1. The number of hydrogen-bond donors (Lipinski definition) is 2. The van der Waals surface area contributed by atoms with E-state index in [0.717, 1.165) is 10.6 Å². The summed E-state index contributed by atoms with van der Waals surface area (Å²) < 4.78 is 6.33. The largest absolute Gasteiger partial charge is 0.477 e. The highest BCUT2D eigenvalue weighted by atomic mass is 32.2. The Bertz CT molecular complexity index is 848. The van der Waals surface area contributed by atoms with Gasteiger partial charge in [-0.15, -0.1) is 11.8 Å². The van der Waals surface area contributed by atoms with Crippen molar-refractivity contribution in [2.24, 2.45) is 0 Å². The van der Waals surface area contributed by atoms with E-state index >= 15 is 0 Å². The predicted octanol–water partition coefficient (Wildman–Crippen LogP) is -0.507. The quantitative estimate of drug-likeness (QED) is 0.487. The number of carboxylic acids is 1. The molecule has 11 heteroatoms. The second-order valence-corrected chi connectivity index (χ2v) is 7.25. The molecular formula is C16H18N4O6S. The highest BCUT2D eigenvalue weighted by Gasteiger charge is 2.54. The van der Waals surface area contributed by atoms with E-state index in [9.17, 15) is 24.3 Å². The molecule has 2 amide bonds. The Morgan fingerprint density at radius 3 is 2.78 bits per heavy atom. The molecule has 0 unspecified atom stereocenters. The smallest absolute Gasteiger partial charge is 0.352 e. The Morgan fingerprint density at radius 2 is 2.19 bits per heavy atom. The molecule has 1 aromatic heterocycles. The molecule has 0 saturated carbocycles. The van der Waals surface area contributed by atoms with Crippen molar-refractivity contribution in [1.82, 2.24) is 20.0 Å². The first-order valence-electron chi connectivity index (χ1n) is 8.10. The fourth-order valence-corrected chi connectivity index (χ4v) is 4.23. The van der Waals surface area contributed by atoms with E-state index in [1.807, 2.05) is 0 Å². The van der Waals surface area contributed by atoms with Crippen LogP contribution in [0, 0.1) is 6.92 Å². The Hall–Kier alpha value is -2.82. The average molecular weight is 394 g/mol. The zero-order valence-electron chi connectivity index (χ0n) is 14.7. The van der Waals surface area contributed by atoms with Gasteiger partial charge in [0.15, 0.2) is 0 Å². The molecule has 0 radical (unpaired) electrons. The van der Waals surface area contributed by atoms with Crippen molar-refractivity contribution in [2.75, 3.05) is 12.4 Å². The van der Waals surface area contributed by atoms with Gasteiger partial charge < -0.3 is 15.2 Å². The van der Waals surface area contributed by atoms with Gasteiger partial charge in [-0.3, -0.25) is 24.0 Å². The van der Waals surface area contributed by atoms with Crippen molar-refractivity contribution < 1.29 is 29.0 Å². The number of carbonyl (C=O) groups excluding carboxylic acids is 3. The fourth-order valence-electron chi connectivity index (χ4n) is 2.90. The summed E-state index contributed by atoms with van der Waals surface area (Å²) in [5.74, 6) is -2.41. The van der Waals surface area contributed by atoms with Crippen molar-refractivity contribution in [1.29, 1.82) is 0 Å². The molecule has 1 fully saturated rings. The maximum atomic E-state index is 12.5. The molecule has 2 N–H and O–H groups in total. The number of rotatable bonds is 6. The molecule has 144 valence electrons. The number of carbonyl (C=O) groups is 4. The number of thioether (sulfide) groups is 1. The normalized spacial score (nSPS) is 21.4. The summed E-state index contributed by atoms with van der Waals surface area (Å²) in [4.78, 5) is 48.4. The summed E-state index contributed by atoms with van der Waals surface area (Å²) in [5, 5.41) is 15.7. The summed E-state index contributed by atoms with van der Waals surface area (Å²) in [5.41, 5.74) is 0.940. The first-order valence-corrected chi connectivity index (χ1v) is 9.15. The lowest BCUT2D eigenvalue weighted by Crippen LogP contribution is -2.70. The topological polar surface area (TPSA) is 131 Å². The first-order chi connectivity index (χ1) is 12.8. The molecular weight excluding hydrogens is 376 g/mol. The molecule has 0 bridgehead atoms. The monoisotopic (exact) mass is 394 g/mol. The molecule has 0 spiro atoms. The number of ether oxygens (including phenoxy) is 1. The highest BCUT2D eigenvalue weighted by Crippen LogP contribution is 2.40. The molecule has 0 aromatic carbocycles. The lowest BCUT2D eigenvalue weighted by atomic mass is 10.0. The van der Waals surface area contributed by atoms with Crippen LogP contribution in [0.5, 0.6) is 0 Å². The van der Waals surface area contributed by atoms with Gasteiger partial charge in [-0.1, -0.05) is 0 Å². The van der Waals surface area contributed by atoms with Crippen molar-refractivity contribution in [3.63, 3.8) is 0 Å². The Kier molecular flexibility index (Phi) is 5.22. The third-order valence-electron chi connectivity index (χ3n) is 4.10. The number of nitrogens with one attached hydrogen (secondary N) is 1. The lowest BCUT2D eigenvalue weighted by Gasteiger charge is -2.49. The molecule has 2 aliphatic heterocycles. The van der Waals surface area contributed by atoms with Crippen LogP contribution >= 0.6 is 11.8 Å². The second-order valence-electron chi connectivity index (χ2n) is 6.15. The highest BCUT2D eigenvalue weighted by molar-refractivity contribution is 8.00. The minimum absolute atomic E-state index is 0.0334. The summed E-state index contributed by atoms with van der Waals surface area (Å²) in [6.45, 7) is 2.80. The zero-order valence-corrected chi connectivity index (χ0v) is 15.5. The van der Waals surface area contributed by atoms with Gasteiger partial charge in [0.1, 0.15) is 30.3 Å². The molecule has 2 aliphatic rings. The Morgan fingerprint density at radius 1 is 1.44 bits per heavy atom. The number of esters is 1. The number of hydrogen-bond acceptors (Lipinski definition) is 7. The average Bonchev–Trinajstić information content (AvgIpc) is 3.01. The summed E-state index contributed by atoms with van der Waals surface area (Å²) in [7, 11) is 0. The molecule has 1 saturated heterocycles. The minimum Gasteiger partial charge on any atom is -0.477 e. The number of β-lactam (4-membered cyclic amide) rings is 1. The molecule has 3 rings (SSSR count). The summed E-state index contributed by atoms with van der Waals surface area (Å²) >= 11 is 1.31. The van der Waals surface area contributed by atoms with Gasteiger partial charge in [0.05, 0.1) is 5.69 Å². The van der Waals surface area contributed by atoms with Crippen LogP contribution in [-0.4, -0.2) is 67.3 Å². The van der Waals surface area contributed by atoms with Crippen LogP contribution in [0.4, 0.5) is 0 Å². The zero-order chi connectivity index (χ0) is 19.7. The van der Waals surface area contributed by atoms with Gasteiger partial charge in [-0.2, -0.15) is 5.10 Å². The summed E-state index contributed by atoms with van der Waals surface area (Å²) in [6, 6.07) is 0.957. The molecule has 2 atom stereocenters. The Balaban J connectivity index is 1.68. The third-order valence-corrected chi connectivity index (χ3v) is 5.44. The molecule has 10 nitrogen and oxygen atoms in total. The van der Waals surface area contributed by atoms with Gasteiger partial charge in [-0.05, 0) is 13.0 Å². The minimum atomic E-state index is -1.27. The van der Waals surface area contributed by atoms with Crippen LogP contribution in [-0.2, 0) is 30.5 Å². The number of nitrogens with zero attached hydrogens (tertiary/aromatic N) is 3. The number of aromatic nitrogens is 2. The Labute approximate surface area is 158 Å². The van der Waals surface area contributed by atoms with E-state index in [-0.39, 0.29) is 30.5 Å². The molecule has 3 heterocycles. The fraction of sp³-hybridized carbons (Fsp3) is 0.438. The van der Waals surface area contributed by atoms with Crippen molar-refractivity contribution in [2.45, 2.75) is 31.8 Å². The SMILES string of the molecule is CC(=O)OCC1=C(C(=O)O)N2C(=O)[C@@H](NC(=O)Cn3ccc(C)n3)[C@H]2SC1. The van der Waals surface area contributed by atoms with Crippen molar-refractivity contribution >= 4 is 35.5 Å². The predicted molar refractivity (Wildman–Crippen MR) is 93.3 cm³/mol. The number of carboxylic acid groups (broad SMARTS) is 1. The van der Waals surface area contributed by atoms with Gasteiger partial charge in [0.2, 0.25) is 5.91 Å². The lowest BCUT2D eigenvalue weighted by molar-refractivity contribution is -0.151. The number of amides is 2. The van der Waals surface area contributed by atoms with Gasteiger partial charge >= 0.3 is 11.9 Å².